The van der Waals surface area contributed by atoms with E-state index >= 15 is 0 Å². The molecule has 1 aromatic rings. The van der Waals surface area contributed by atoms with Crippen molar-refractivity contribution in [2.75, 3.05) is 13.1 Å². The monoisotopic (exact) mass is 297 g/mol. The van der Waals surface area contributed by atoms with Crippen LogP contribution in [-0.2, 0) is 11.2 Å². The number of hydrogen-bond donors (Lipinski definition) is 1. The van der Waals surface area contributed by atoms with Crippen LogP contribution in [-0.4, -0.2) is 34.8 Å². The minimum atomic E-state index is -0.449. The maximum absolute atomic E-state index is 12.1. The first-order chi connectivity index (χ1) is 9.35. The van der Waals surface area contributed by atoms with Crippen LogP contribution in [0.4, 0.5) is 4.79 Å². The highest BCUT2D eigenvalue weighted by atomic mass is 32.1. The van der Waals surface area contributed by atoms with Crippen LogP contribution in [0, 0.1) is 5.92 Å². The summed E-state index contributed by atoms with van der Waals surface area (Å²) in [7, 11) is 0. The summed E-state index contributed by atoms with van der Waals surface area (Å²) in [6.07, 6.45) is 2.69. The van der Waals surface area contributed by atoms with Crippen LogP contribution in [0.25, 0.3) is 0 Å². The topological polar surface area (TPSA) is 49.8 Å². The Bertz CT molecular complexity index is 464. The van der Waals surface area contributed by atoms with Crippen molar-refractivity contribution in [3.8, 4) is 5.06 Å². The molecule has 5 heteroatoms. The number of piperidine rings is 1. The van der Waals surface area contributed by atoms with Crippen LogP contribution >= 0.6 is 11.3 Å². The van der Waals surface area contributed by atoms with Crippen LogP contribution < -0.4 is 0 Å². The van der Waals surface area contributed by atoms with Crippen LogP contribution in [0.15, 0.2) is 11.4 Å². The molecular weight excluding hydrogens is 274 g/mol. The second kappa shape index (κ2) is 6.04. The van der Waals surface area contributed by atoms with Crippen molar-refractivity contribution in [1.82, 2.24) is 4.90 Å². The van der Waals surface area contributed by atoms with Crippen molar-refractivity contribution in [1.29, 1.82) is 0 Å². The van der Waals surface area contributed by atoms with Gasteiger partial charge in [0.1, 0.15) is 5.60 Å². The molecule has 20 heavy (non-hydrogen) atoms. The summed E-state index contributed by atoms with van der Waals surface area (Å²) in [5, 5.41) is 12.0. The van der Waals surface area contributed by atoms with Gasteiger partial charge in [-0.2, -0.15) is 0 Å². The fourth-order valence-corrected chi connectivity index (χ4v) is 3.18. The van der Waals surface area contributed by atoms with Gasteiger partial charge in [-0.15, -0.1) is 11.3 Å². The number of nitrogens with zero attached hydrogens (tertiary/aromatic N) is 1. The van der Waals surface area contributed by atoms with Crippen LogP contribution in [0.5, 0.6) is 5.06 Å². The van der Waals surface area contributed by atoms with E-state index < -0.39 is 5.60 Å². The van der Waals surface area contributed by atoms with Gasteiger partial charge in [-0.1, -0.05) is 0 Å². The molecule has 0 saturated carbocycles. The Balaban J connectivity index is 1.92. The largest absolute Gasteiger partial charge is 0.499 e. The van der Waals surface area contributed by atoms with E-state index in [1.54, 1.807) is 4.90 Å². The number of carbonyl (C=O) groups excluding carboxylic acids is 1. The lowest BCUT2D eigenvalue weighted by molar-refractivity contribution is 0.0166. The first-order valence-corrected chi connectivity index (χ1v) is 7.96. The Hall–Kier alpha value is -1.23. The number of carbonyl (C=O) groups is 1. The summed E-state index contributed by atoms with van der Waals surface area (Å²) in [5.41, 5.74) is 0.543. The lowest BCUT2D eigenvalue weighted by Crippen LogP contribution is -2.43. The lowest BCUT2D eigenvalue weighted by Gasteiger charge is -2.34. The van der Waals surface area contributed by atoms with Crippen molar-refractivity contribution in [2.24, 2.45) is 5.92 Å². The Labute approximate surface area is 124 Å². The van der Waals surface area contributed by atoms with E-state index in [0.29, 0.717) is 17.5 Å². The van der Waals surface area contributed by atoms with Crippen LogP contribution in [0.1, 0.15) is 39.2 Å². The third-order valence-electron chi connectivity index (χ3n) is 3.40. The van der Waals surface area contributed by atoms with Gasteiger partial charge in [0, 0.05) is 18.7 Å². The standard InChI is InChI=1S/C15H23NO3S/c1-15(2,3)19-14(18)16-7-4-5-11(10-16)9-12-6-8-20-13(12)17/h6,8,11,17H,4-5,7,9-10H2,1-3H3. The number of hydrogen-bond acceptors (Lipinski definition) is 4. The molecule has 0 aromatic carbocycles. The third kappa shape index (κ3) is 4.13. The Morgan fingerprint density at radius 1 is 1.55 bits per heavy atom. The summed E-state index contributed by atoms with van der Waals surface area (Å²) < 4.78 is 5.42. The summed E-state index contributed by atoms with van der Waals surface area (Å²) in [6.45, 7) is 7.13. The highest BCUT2D eigenvalue weighted by Gasteiger charge is 2.28. The molecule has 2 rings (SSSR count). The van der Waals surface area contributed by atoms with Crippen molar-refractivity contribution in [3.05, 3.63) is 17.0 Å². The molecule has 2 heterocycles. The molecular formula is C15H23NO3S. The number of aromatic hydroxyl groups is 1. The Morgan fingerprint density at radius 3 is 2.90 bits per heavy atom. The van der Waals surface area contributed by atoms with E-state index in [2.05, 4.69) is 0 Å². The fourth-order valence-electron chi connectivity index (χ4n) is 2.52. The summed E-state index contributed by atoms with van der Waals surface area (Å²) in [5.74, 6) is 0.400. The quantitative estimate of drug-likeness (QED) is 0.906. The molecule has 0 bridgehead atoms. The van der Waals surface area contributed by atoms with E-state index in [1.807, 2.05) is 32.2 Å². The van der Waals surface area contributed by atoms with E-state index in [-0.39, 0.29) is 6.09 Å². The predicted octanol–water partition coefficient (Wildman–Crippen LogP) is 3.64. The average Bonchev–Trinajstić information content (AvgIpc) is 2.73. The molecule has 112 valence electrons. The van der Waals surface area contributed by atoms with Crippen LogP contribution in [0.2, 0.25) is 0 Å². The lowest BCUT2D eigenvalue weighted by atomic mass is 9.92. The van der Waals surface area contributed by atoms with Crippen molar-refractivity contribution in [3.63, 3.8) is 0 Å². The average molecular weight is 297 g/mol. The maximum Gasteiger partial charge on any atom is 0.410 e. The van der Waals surface area contributed by atoms with Gasteiger partial charge < -0.3 is 14.7 Å². The van der Waals surface area contributed by atoms with Gasteiger partial charge >= 0.3 is 6.09 Å². The molecule has 1 aliphatic heterocycles. The molecule has 1 unspecified atom stereocenters. The summed E-state index contributed by atoms with van der Waals surface area (Å²) in [4.78, 5) is 13.9. The summed E-state index contributed by atoms with van der Waals surface area (Å²) in [6, 6.07) is 1.96. The molecule has 1 aromatic heterocycles. The number of thiophene rings is 1. The number of likely N-dealkylation sites (tertiary alicyclic amines) is 1. The summed E-state index contributed by atoms with van der Waals surface area (Å²) >= 11 is 1.36. The van der Waals surface area contributed by atoms with Crippen molar-refractivity contribution >= 4 is 17.4 Å². The Morgan fingerprint density at radius 2 is 2.30 bits per heavy atom. The first-order valence-electron chi connectivity index (χ1n) is 7.08. The normalized spacial score (nSPS) is 19.9. The third-order valence-corrected chi connectivity index (χ3v) is 4.16. The fraction of sp³-hybridized carbons (Fsp3) is 0.667. The second-order valence-corrected chi connectivity index (χ2v) is 7.28. The first kappa shape index (κ1) is 15.2. The molecule has 1 amide bonds. The molecule has 1 N–H and O–H groups in total. The minimum absolute atomic E-state index is 0.225. The molecule has 1 aliphatic rings. The van der Waals surface area contributed by atoms with Gasteiger partial charge in [-0.25, -0.2) is 4.79 Å². The van der Waals surface area contributed by atoms with Gasteiger partial charge in [0.15, 0.2) is 5.06 Å². The molecule has 1 fully saturated rings. The van der Waals surface area contributed by atoms with Gasteiger partial charge in [-0.05, 0) is 57.4 Å². The molecule has 1 atom stereocenters. The zero-order valence-electron chi connectivity index (χ0n) is 12.4. The maximum atomic E-state index is 12.1. The minimum Gasteiger partial charge on any atom is -0.499 e. The molecule has 1 saturated heterocycles. The highest BCUT2D eigenvalue weighted by molar-refractivity contribution is 7.11. The van der Waals surface area contributed by atoms with E-state index in [9.17, 15) is 9.90 Å². The molecule has 4 nitrogen and oxygen atoms in total. The molecule has 0 aliphatic carbocycles. The highest BCUT2D eigenvalue weighted by Crippen LogP contribution is 2.29. The van der Waals surface area contributed by atoms with E-state index in [0.717, 1.165) is 31.4 Å². The number of rotatable bonds is 2. The zero-order valence-corrected chi connectivity index (χ0v) is 13.2. The van der Waals surface area contributed by atoms with Crippen molar-refractivity contribution in [2.45, 2.75) is 45.6 Å². The van der Waals surface area contributed by atoms with E-state index in [4.69, 9.17) is 4.74 Å². The Kier molecular flexibility index (Phi) is 4.58. The SMILES string of the molecule is CC(C)(C)OC(=O)N1CCCC(Cc2ccsc2O)C1. The molecule has 0 radical (unpaired) electrons. The predicted molar refractivity (Wildman–Crippen MR) is 80.2 cm³/mol. The van der Waals surface area contributed by atoms with Crippen LogP contribution in [0.3, 0.4) is 0 Å². The second-order valence-electron chi connectivity index (χ2n) is 6.39. The number of amides is 1. The van der Waals surface area contributed by atoms with E-state index in [1.165, 1.54) is 11.3 Å². The molecule has 0 spiro atoms. The van der Waals surface area contributed by atoms with Gasteiger partial charge in [0.05, 0.1) is 0 Å². The van der Waals surface area contributed by atoms with Gasteiger partial charge in [0.25, 0.3) is 0 Å². The van der Waals surface area contributed by atoms with Gasteiger partial charge in [-0.3, -0.25) is 0 Å². The van der Waals surface area contributed by atoms with Crippen molar-refractivity contribution < 1.29 is 14.6 Å². The zero-order chi connectivity index (χ0) is 14.8. The van der Waals surface area contributed by atoms with Gasteiger partial charge in [0.2, 0.25) is 0 Å². The smallest absolute Gasteiger partial charge is 0.410 e. The number of ether oxygens (including phenoxy) is 1.